The highest BCUT2D eigenvalue weighted by Crippen LogP contribution is 2.39. The first-order valence-electron chi connectivity index (χ1n) is 10.5. The number of phenolic OH excluding ortho intramolecular Hbond substituents is 1. The SMILES string of the molecule is CCNC(=O)c1c(-c2ccc(OC)cc2)oc2ccc(O)c(CN3CCCCC3)c12. The van der Waals surface area contributed by atoms with Gasteiger partial charge in [-0.1, -0.05) is 6.42 Å². The van der Waals surface area contributed by atoms with Crippen molar-refractivity contribution >= 4 is 16.9 Å². The van der Waals surface area contributed by atoms with E-state index < -0.39 is 0 Å². The Balaban J connectivity index is 1.88. The van der Waals surface area contributed by atoms with Gasteiger partial charge in [-0.25, -0.2) is 0 Å². The number of carbonyl (C=O) groups is 1. The topological polar surface area (TPSA) is 74.9 Å². The lowest BCUT2D eigenvalue weighted by atomic mass is 9.99. The molecule has 6 nitrogen and oxygen atoms in total. The fourth-order valence-electron chi connectivity index (χ4n) is 4.16. The second-order valence-electron chi connectivity index (χ2n) is 7.67. The summed E-state index contributed by atoms with van der Waals surface area (Å²) in [5.74, 6) is 1.23. The van der Waals surface area contributed by atoms with E-state index in [4.69, 9.17) is 9.15 Å². The summed E-state index contributed by atoms with van der Waals surface area (Å²) < 4.78 is 11.4. The number of nitrogens with one attached hydrogen (secondary N) is 1. The van der Waals surface area contributed by atoms with Gasteiger partial charge < -0.3 is 19.6 Å². The monoisotopic (exact) mass is 408 g/mol. The Morgan fingerprint density at radius 3 is 2.53 bits per heavy atom. The molecule has 3 aromatic rings. The van der Waals surface area contributed by atoms with Gasteiger partial charge >= 0.3 is 0 Å². The van der Waals surface area contributed by atoms with Crippen LogP contribution < -0.4 is 10.1 Å². The molecule has 158 valence electrons. The molecule has 0 bridgehead atoms. The molecule has 30 heavy (non-hydrogen) atoms. The minimum absolute atomic E-state index is 0.195. The van der Waals surface area contributed by atoms with Crippen LogP contribution in [0.5, 0.6) is 11.5 Å². The molecule has 6 heteroatoms. The van der Waals surface area contributed by atoms with Crippen LogP contribution in [0.4, 0.5) is 0 Å². The molecule has 0 unspecified atom stereocenters. The van der Waals surface area contributed by atoms with Crippen molar-refractivity contribution in [3.05, 3.63) is 47.5 Å². The van der Waals surface area contributed by atoms with Gasteiger partial charge in [0.2, 0.25) is 0 Å². The lowest BCUT2D eigenvalue weighted by molar-refractivity contribution is 0.0957. The molecule has 1 aliphatic rings. The van der Waals surface area contributed by atoms with Crippen molar-refractivity contribution < 1.29 is 19.1 Å². The van der Waals surface area contributed by atoms with E-state index in [0.29, 0.717) is 35.4 Å². The number of aromatic hydroxyl groups is 1. The number of benzene rings is 2. The van der Waals surface area contributed by atoms with Crippen molar-refractivity contribution in [2.24, 2.45) is 0 Å². The smallest absolute Gasteiger partial charge is 0.255 e. The molecule has 0 aliphatic carbocycles. The number of hydrogen-bond donors (Lipinski definition) is 2. The molecule has 2 aromatic carbocycles. The van der Waals surface area contributed by atoms with Crippen LogP contribution in [0.1, 0.15) is 42.1 Å². The van der Waals surface area contributed by atoms with Crippen molar-refractivity contribution in [1.29, 1.82) is 0 Å². The zero-order chi connectivity index (χ0) is 21.1. The number of furan rings is 1. The lowest BCUT2D eigenvalue weighted by Crippen LogP contribution is -2.29. The zero-order valence-corrected chi connectivity index (χ0v) is 17.5. The molecule has 1 fully saturated rings. The molecule has 1 aliphatic heterocycles. The molecule has 0 saturated carbocycles. The fourth-order valence-corrected chi connectivity index (χ4v) is 4.16. The van der Waals surface area contributed by atoms with Crippen LogP contribution >= 0.6 is 0 Å². The molecule has 0 atom stereocenters. The molecular weight excluding hydrogens is 380 g/mol. The van der Waals surface area contributed by atoms with Gasteiger partial charge in [-0.2, -0.15) is 0 Å². The van der Waals surface area contributed by atoms with E-state index >= 15 is 0 Å². The Morgan fingerprint density at radius 1 is 1.13 bits per heavy atom. The highest BCUT2D eigenvalue weighted by Gasteiger charge is 2.26. The fraction of sp³-hybridized carbons (Fsp3) is 0.375. The number of ether oxygens (including phenoxy) is 1. The normalized spacial score (nSPS) is 14.7. The van der Waals surface area contributed by atoms with E-state index in [9.17, 15) is 9.90 Å². The van der Waals surface area contributed by atoms with Crippen molar-refractivity contribution in [1.82, 2.24) is 10.2 Å². The van der Waals surface area contributed by atoms with Gasteiger partial charge in [0.1, 0.15) is 22.8 Å². The van der Waals surface area contributed by atoms with E-state index in [2.05, 4.69) is 10.2 Å². The largest absolute Gasteiger partial charge is 0.508 e. The first-order chi connectivity index (χ1) is 14.6. The number of hydrogen-bond acceptors (Lipinski definition) is 5. The molecular formula is C24H28N2O4. The summed E-state index contributed by atoms with van der Waals surface area (Å²) in [5, 5.41) is 14.3. The molecule has 1 aromatic heterocycles. The summed E-state index contributed by atoms with van der Waals surface area (Å²) in [6.07, 6.45) is 3.55. The number of piperidine rings is 1. The summed E-state index contributed by atoms with van der Waals surface area (Å²) in [6, 6.07) is 10.8. The van der Waals surface area contributed by atoms with Crippen molar-refractivity contribution in [3.8, 4) is 22.8 Å². The average Bonchev–Trinajstić information content (AvgIpc) is 3.17. The van der Waals surface area contributed by atoms with Gasteiger partial charge in [-0.3, -0.25) is 9.69 Å². The van der Waals surface area contributed by atoms with Crippen LogP contribution in [0.3, 0.4) is 0 Å². The van der Waals surface area contributed by atoms with E-state index in [0.717, 1.165) is 42.8 Å². The predicted molar refractivity (Wildman–Crippen MR) is 117 cm³/mol. The number of methoxy groups -OCH3 is 1. The lowest BCUT2D eigenvalue weighted by Gasteiger charge is -2.27. The van der Waals surface area contributed by atoms with Crippen LogP contribution in [0, 0.1) is 0 Å². The standard InChI is InChI=1S/C24H28N2O4/c1-3-25-24(28)22-21-18(15-26-13-5-4-6-14-26)19(27)11-12-20(21)30-23(22)16-7-9-17(29-2)10-8-16/h7-12,27H,3-6,13-15H2,1-2H3,(H,25,28). The molecule has 1 amide bonds. The van der Waals surface area contributed by atoms with E-state index in [1.807, 2.05) is 31.2 Å². The van der Waals surface area contributed by atoms with Crippen LogP contribution in [-0.2, 0) is 6.54 Å². The Bertz CT molecular complexity index is 1030. The van der Waals surface area contributed by atoms with Gasteiger partial charge in [0, 0.05) is 29.6 Å². The third-order valence-corrected chi connectivity index (χ3v) is 5.69. The van der Waals surface area contributed by atoms with Crippen molar-refractivity contribution in [2.75, 3.05) is 26.7 Å². The number of fused-ring (bicyclic) bond motifs is 1. The number of rotatable bonds is 6. The first-order valence-corrected chi connectivity index (χ1v) is 10.5. The van der Waals surface area contributed by atoms with Gasteiger partial charge in [0.25, 0.3) is 5.91 Å². The van der Waals surface area contributed by atoms with Gasteiger partial charge in [0.05, 0.1) is 12.7 Å². The summed E-state index contributed by atoms with van der Waals surface area (Å²) in [5.41, 5.74) is 2.61. The maximum absolute atomic E-state index is 13.1. The summed E-state index contributed by atoms with van der Waals surface area (Å²) >= 11 is 0. The summed E-state index contributed by atoms with van der Waals surface area (Å²) in [7, 11) is 1.62. The first kappa shape index (κ1) is 20.3. The average molecular weight is 408 g/mol. The van der Waals surface area contributed by atoms with Crippen LogP contribution in [-0.4, -0.2) is 42.7 Å². The molecule has 2 heterocycles. The third-order valence-electron chi connectivity index (χ3n) is 5.69. The Morgan fingerprint density at radius 2 is 1.87 bits per heavy atom. The Kier molecular flexibility index (Phi) is 5.95. The molecule has 0 spiro atoms. The molecule has 4 rings (SSSR count). The van der Waals surface area contributed by atoms with Gasteiger partial charge in [0.15, 0.2) is 0 Å². The quantitative estimate of drug-likeness (QED) is 0.626. The van der Waals surface area contributed by atoms with Gasteiger partial charge in [-0.15, -0.1) is 0 Å². The maximum Gasteiger partial charge on any atom is 0.255 e. The number of phenols is 1. The molecule has 0 radical (unpaired) electrons. The predicted octanol–water partition coefficient (Wildman–Crippen LogP) is 4.55. The van der Waals surface area contributed by atoms with E-state index in [-0.39, 0.29) is 11.7 Å². The van der Waals surface area contributed by atoms with Gasteiger partial charge in [-0.05, 0) is 69.3 Å². The molecule has 2 N–H and O–H groups in total. The zero-order valence-electron chi connectivity index (χ0n) is 17.5. The molecule has 1 saturated heterocycles. The number of likely N-dealkylation sites (tertiary alicyclic amines) is 1. The second kappa shape index (κ2) is 8.79. The van der Waals surface area contributed by atoms with Crippen LogP contribution in [0.25, 0.3) is 22.3 Å². The summed E-state index contributed by atoms with van der Waals surface area (Å²) in [6.45, 7) is 4.98. The third kappa shape index (κ3) is 3.87. The number of nitrogens with zero attached hydrogens (tertiary/aromatic N) is 1. The number of amides is 1. The Hall–Kier alpha value is -2.99. The second-order valence-corrected chi connectivity index (χ2v) is 7.67. The van der Waals surface area contributed by atoms with Crippen molar-refractivity contribution in [3.63, 3.8) is 0 Å². The van der Waals surface area contributed by atoms with Crippen LogP contribution in [0.2, 0.25) is 0 Å². The highest BCUT2D eigenvalue weighted by molar-refractivity contribution is 6.12. The Labute approximate surface area is 176 Å². The minimum atomic E-state index is -0.201. The van der Waals surface area contributed by atoms with E-state index in [1.54, 1.807) is 19.2 Å². The van der Waals surface area contributed by atoms with Crippen molar-refractivity contribution in [2.45, 2.75) is 32.7 Å². The van der Waals surface area contributed by atoms with E-state index in [1.165, 1.54) is 6.42 Å². The maximum atomic E-state index is 13.1. The van der Waals surface area contributed by atoms with Crippen LogP contribution in [0.15, 0.2) is 40.8 Å². The minimum Gasteiger partial charge on any atom is -0.508 e. The number of carbonyl (C=O) groups excluding carboxylic acids is 1. The summed E-state index contributed by atoms with van der Waals surface area (Å²) in [4.78, 5) is 15.4. The highest BCUT2D eigenvalue weighted by atomic mass is 16.5.